The Bertz CT molecular complexity index is 376. The van der Waals surface area contributed by atoms with Crippen LogP contribution in [-0.4, -0.2) is 28.8 Å². The average Bonchev–Trinajstić information content (AvgIpc) is 2.27. The molecule has 0 aliphatic heterocycles. The molecule has 1 aromatic carbocycles. The summed E-state index contributed by atoms with van der Waals surface area (Å²) in [5.74, 6) is -0.309. The van der Waals surface area contributed by atoms with E-state index >= 15 is 0 Å². The van der Waals surface area contributed by atoms with Crippen LogP contribution >= 0.6 is 11.8 Å². The van der Waals surface area contributed by atoms with Gasteiger partial charge < -0.3 is 5.11 Å². The summed E-state index contributed by atoms with van der Waals surface area (Å²) in [6.07, 6.45) is 0. The van der Waals surface area contributed by atoms with Gasteiger partial charge in [-0.2, -0.15) is 0 Å². The fourth-order valence-electron chi connectivity index (χ4n) is 0.975. The third kappa shape index (κ3) is 3.45. The first-order valence-electron chi connectivity index (χ1n) is 4.26. The van der Waals surface area contributed by atoms with E-state index in [1.54, 1.807) is 19.2 Å². The molecule has 0 spiro atoms. The van der Waals surface area contributed by atoms with Gasteiger partial charge in [-0.15, -0.1) is 0 Å². The van der Waals surface area contributed by atoms with Gasteiger partial charge >= 0.3 is 0 Å². The van der Waals surface area contributed by atoms with Gasteiger partial charge in [0.25, 0.3) is 0 Å². The Morgan fingerprint density at radius 1 is 1.47 bits per heavy atom. The van der Waals surface area contributed by atoms with Gasteiger partial charge in [-0.1, -0.05) is 11.8 Å². The largest absolute Gasteiger partial charge is 0.390 e. The number of halogens is 1. The Morgan fingerprint density at radius 3 is 2.53 bits per heavy atom. The number of hydrogen-bond acceptors (Lipinski definition) is 4. The van der Waals surface area contributed by atoms with E-state index in [1.807, 2.05) is 0 Å². The molecular formula is C10H11FN2OS. The zero-order chi connectivity index (χ0) is 11.3. The van der Waals surface area contributed by atoms with Crippen molar-refractivity contribution in [3.63, 3.8) is 0 Å². The summed E-state index contributed by atoms with van der Waals surface area (Å²) in [5, 5.41) is 16.7. The molecule has 0 atom stereocenters. The second-order valence-corrected chi connectivity index (χ2v) is 3.80. The molecule has 3 nitrogen and oxygen atoms in total. The third-order valence-corrected chi connectivity index (χ3v) is 2.64. The standard InChI is InChI=1S/C10H11FN2OS/c1-13-10(15-9(12)6-14)7-2-4-8(11)5-3-7/h2-5,12,14H,6H2,1H3. The lowest BCUT2D eigenvalue weighted by atomic mass is 10.2. The minimum absolute atomic E-state index is 0.111. The van der Waals surface area contributed by atoms with Gasteiger partial charge in [-0.25, -0.2) is 4.39 Å². The quantitative estimate of drug-likeness (QED) is 0.597. The maximum Gasteiger partial charge on any atom is 0.123 e. The molecule has 0 unspecified atom stereocenters. The number of nitrogens with one attached hydrogen (secondary N) is 1. The molecule has 0 heterocycles. The van der Waals surface area contributed by atoms with Crippen LogP contribution in [-0.2, 0) is 0 Å². The van der Waals surface area contributed by atoms with E-state index < -0.39 is 0 Å². The maximum atomic E-state index is 12.7. The van der Waals surface area contributed by atoms with Crippen molar-refractivity contribution in [3.05, 3.63) is 35.6 Å². The molecule has 0 bridgehead atoms. The SMILES string of the molecule is CN=C(SC(=N)CO)c1ccc(F)cc1. The molecular weight excluding hydrogens is 215 g/mol. The smallest absolute Gasteiger partial charge is 0.123 e. The van der Waals surface area contributed by atoms with Crippen molar-refractivity contribution in [1.82, 2.24) is 0 Å². The molecule has 1 aromatic rings. The minimum atomic E-state index is -0.315. The molecule has 0 fully saturated rings. The highest BCUT2D eigenvalue weighted by Crippen LogP contribution is 2.15. The normalized spacial score (nSPS) is 11.5. The zero-order valence-corrected chi connectivity index (χ0v) is 9.01. The van der Waals surface area contributed by atoms with Gasteiger partial charge in [0.15, 0.2) is 0 Å². The van der Waals surface area contributed by atoms with Crippen molar-refractivity contribution in [1.29, 1.82) is 5.41 Å². The van der Waals surface area contributed by atoms with Crippen LogP contribution in [0.15, 0.2) is 29.3 Å². The number of hydrogen-bond donors (Lipinski definition) is 2. The summed E-state index contributed by atoms with van der Waals surface area (Å²) in [7, 11) is 1.59. The Hall–Kier alpha value is -1.20. The van der Waals surface area contributed by atoms with Crippen LogP contribution in [0.5, 0.6) is 0 Å². The van der Waals surface area contributed by atoms with Crippen LogP contribution in [0.2, 0.25) is 0 Å². The highest BCUT2D eigenvalue weighted by Gasteiger charge is 2.06. The number of benzene rings is 1. The lowest BCUT2D eigenvalue weighted by Gasteiger charge is -2.04. The van der Waals surface area contributed by atoms with Crippen LogP contribution in [0, 0.1) is 11.2 Å². The number of aliphatic hydroxyl groups excluding tert-OH is 1. The molecule has 15 heavy (non-hydrogen) atoms. The molecule has 0 aliphatic carbocycles. The van der Waals surface area contributed by atoms with E-state index in [-0.39, 0.29) is 17.5 Å². The molecule has 0 radical (unpaired) electrons. The Morgan fingerprint density at radius 2 is 2.07 bits per heavy atom. The second kappa shape index (κ2) is 5.63. The van der Waals surface area contributed by atoms with Gasteiger partial charge in [-0.3, -0.25) is 10.4 Å². The number of aliphatic hydroxyl groups is 1. The summed E-state index contributed by atoms with van der Waals surface area (Å²) in [5.41, 5.74) is 0.738. The fraction of sp³-hybridized carbons (Fsp3) is 0.200. The van der Waals surface area contributed by atoms with Crippen LogP contribution in [0.25, 0.3) is 0 Å². The van der Waals surface area contributed by atoms with E-state index in [0.717, 1.165) is 17.3 Å². The van der Waals surface area contributed by atoms with Crippen molar-refractivity contribution in [2.75, 3.05) is 13.7 Å². The molecule has 0 saturated carbocycles. The van der Waals surface area contributed by atoms with Crippen molar-refractivity contribution >= 4 is 21.8 Å². The van der Waals surface area contributed by atoms with Gasteiger partial charge in [0, 0.05) is 12.6 Å². The number of nitrogens with zero attached hydrogens (tertiary/aromatic N) is 1. The van der Waals surface area contributed by atoms with Crippen LogP contribution in [0.1, 0.15) is 5.56 Å². The molecule has 1 rings (SSSR count). The number of thioether (sulfide) groups is 1. The molecule has 0 amide bonds. The van der Waals surface area contributed by atoms with Crippen molar-refractivity contribution < 1.29 is 9.50 Å². The second-order valence-electron chi connectivity index (χ2n) is 2.72. The zero-order valence-electron chi connectivity index (χ0n) is 8.20. The Balaban J connectivity index is 2.84. The van der Waals surface area contributed by atoms with Crippen LogP contribution in [0.4, 0.5) is 4.39 Å². The van der Waals surface area contributed by atoms with Crippen LogP contribution in [0.3, 0.4) is 0 Å². The third-order valence-electron chi connectivity index (χ3n) is 1.66. The summed E-state index contributed by atoms with van der Waals surface area (Å²) < 4.78 is 12.7. The lowest BCUT2D eigenvalue weighted by Crippen LogP contribution is -2.04. The highest BCUT2D eigenvalue weighted by atomic mass is 32.2. The summed E-state index contributed by atoms with van der Waals surface area (Å²) in [6, 6.07) is 5.86. The van der Waals surface area contributed by atoms with E-state index in [1.165, 1.54) is 12.1 Å². The van der Waals surface area contributed by atoms with E-state index in [0.29, 0.717) is 5.04 Å². The van der Waals surface area contributed by atoms with E-state index in [4.69, 9.17) is 10.5 Å². The van der Waals surface area contributed by atoms with Gasteiger partial charge in [0.2, 0.25) is 0 Å². The topological polar surface area (TPSA) is 56.4 Å². The van der Waals surface area contributed by atoms with Gasteiger partial charge in [0.05, 0.1) is 11.7 Å². The molecule has 0 saturated heterocycles. The minimum Gasteiger partial charge on any atom is -0.390 e. The predicted octanol–water partition coefficient (Wildman–Crippen LogP) is 1.90. The first-order valence-corrected chi connectivity index (χ1v) is 5.08. The van der Waals surface area contributed by atoms with Gasteiger partial charge in [0.1, 0.15) is 10.9 Å². The van der Waals surface area contributed by atoms with Crippen molar-refractivity contribution in [2.24, 2.45) is 4.99 Å². The summed E-state index contributed by atoms with van der Waals surface area (Å²) in [4.78, 5) is 3.98. The lowest BCUT2D eigenvalue weighted by molar-refractivity contribution is 0.359. The first-order chi connectivity index (χ1) is 7.17. The molecule has 5 heteroatoms. The highest BCUT2D eigenvalue weighted by molar-refractivity contribution is 8.27. The molecule has 80 valence electrons. The van der Waals surface area contributed by atoms with Crippen molar-refractivity contribution in [3.8, 4) is 0 Å². The monoisotopic (exact) mass is 226 g/mol. The number of rotatable bonds is 2. The fourth-order valence-corrected chi connectivity index (χ4v) is 1.62. The van der Waals surface area contributed by atoms with Crippen LogP contribution < -0.4 is 0 Å². The van der Waals surface area contributed by atoms with E-state index in [2.05, 4.69) is 4.99 Å². The van der Waals surface area contributed by atoms with E-state index in [9.17, 15) is 4.39 Å². The average molecular weight is 226 g/mol. The van der Waals surface area contributed by atoms with Crippen molar-refractivity contribution in [2.45, 2.75) is 0 Å². The Labute approximate surface area is 91.6 Å². The van der Waals surface area contributed by atoms with Gasteiger partial charge in [-0.05, 0) is 24.3 Å². The summed E-state index contributed by atoms with van der Waals surface area (Å²) in [6.45, 7) is -0.315. The molecule has 2 N–H and O–H groups in total. The maximum absolute atomic E-state index is 12.7. The molecule has 0 aromatic heterocycles. The summed E-state index contributed by atoms with van der Waals surface area (Å²) >= 11 is 1.06. The first kappa shape index (κ1) is 11.9. The Kier molecular flexibility index (Phi) is 4.45. The molecule has 0 aliphatic rings. The predicted molar refractivity (Wildman–Crippen MR) is 61.3 cm³/mol. The number of aliphatic imine (C=N–C) groups is 1.